The minimum absolute atomic E-state index is 0.208. The van der Waals surface area contributed by atoms with Crippen molar-refractivity contribution >= 4 is 52.6 Å². The van der Waals surface area contributed by atoms with E-state index in [-0.39, 0.29) is 5.92 Å². The Hall–Kier alpha value is -3.68. The van der Waals surface area contributed by atoms with Crippen molar-refractivity contribution in [3.05, 3.63) is 101 Å². The van der Waals surface area contributed by atoms with Crippen molar-refractivity contribution < 1.29 is 23.9 Å². The quantitative estimate of drug-likeness (QED) is 0.235. The number of imide groups is 1. The fourth-order valence-electron chi connectivity index (χ4n) is 6.45. The van der Waals surface area contributed by atoms with Crippen LogP contribution in [0.1, 0.15) is 53.4 Å². The minimum atomic E-state index is -1.31. The molecule has 1 fully saturated rings. The fourth-order valence-corrected chi connectivity index (χ4v) is 7.55. The molecule has 3 atom stereocenters. The van der Waals surface area contributed by atoms with Crippen LogP contribution in [0.4, 0.5) is 5.69 Å². The molecule has 7 rings (SSSR count). The third kappa shape index (κ3) is 3.86. The van der Waals surface area contributed by atoms with Crippen molar-refractivity contribution in [1.82, 2.24) is 4.90 Å². The Morgan fingerprint density at radius 1 is 0.805 bits per heavy atom. The first-order chi connectivity index (χ1) is 19.5. The maximum absolute atomic E-state index is 14.1. The van der Waals surface area contributed by atoms with Crippen LogP contribution in [-0.4, -0.2) is 41.2 Å². The lowest BCUT2D eigenvalue weighted by atomic mass is 9.54. The molecule has 1 N–H and O–H groups in total. The monoisotopic (exact) mass is 590 g/mol. The third-order valence-electron chi connectivity index (χ3n) is 8.32. The van der Waals surface area contributed by atoms with Crippen molar-refractivity contribution in [2.75, 3.05) is 11.9 Å². The molecular weight excluding hydrogens is 563 g/mol. The highest BCUT2D eigenvalue weighted by atomic mass is 35.5. The number of esters is 1. The summed E-state index contributed by atoms with van der Waals surface area (Å²) < 4.78 is 5.24. The van der Waals surface area contributed by atoms with Crippen LogP contribution in [0.25, 0.3) is 0 Å². The number of nitrogens with zero attached hydrogens (tertiary/aromatic N) is 1. The molecule has 0 aromatic heterocycles. The summed E-state index contributed by atoms with van der Waals surface area (Å²) in [6, 6.07) is 19.9. The number of carbonyl (C=O) groups is 4. The summed E-state index contributed by atoms with van der Waals surface area (Å²) in [5.74, 6) is -3.84. The lowest BCUT2D eigenvalue weighted by Crippen LogP contribution is -2.57. The van der Waals surface area contributed by atoms with Crippen molar-refractivity contribution in [1.29, 1.82) is 0 Å². The van der Waals surface area contributed by atoms with Crippen LogP contribution in [0.5, 0.6) is 0 Å². The molecule has 0 saturated carbocycles. The van der Waals surface area contributed by atoms with E-state index in [0.29, 0.717) is 40.1 Å². The van der Waals surface area contributed by atoms with Crippen molar-refractivity contribution in [2.24, 2.45) is 17.8 Å². The van der Waals surface area contributed by atoms with E-state index in [2.05, 4.69) is 5.32 Å². The standard InChI is InChI=1S/C32H28Cl2N2O5/c1-17(2)16-41-30(40)19-12-14-20(15-13-19)35-27(37)18(3)36-28(38)25-26(29(36)39)32(34)22-9-5-4-8-21(22)31(25,33)23-10-6-7-11-24(23)32/h4-15,17-18,25-26H,16H2,1-3H3,(H,35,37)/t18-,25+,26+,31?,32?/m0/s1. The average Bonchev–Trinajstić information content (AvgIpc) is 3.25. The minimum Gasteiger partial charge on any atom is -0.462 e. The molecule has 210 valence electrons. The van der Waals surface area contributed by atoms with Crippen molar-refractivity contribution in [3.8, 4) is 0 Å². The number of hydrogen-bond donors (Lipinski definition) is 1. The number of carbonyl (C=O) groups excluding carboxylic acids is 4. The molecule has 0 radical (unpaired) electrons. The van der Waals surface area contributed by atoms with E-state index in [4.69, 9.17) is 27.9 Å². The summed E-state index contributed by atoms with van der Waals surface area (Å²) in [4.78, 5) is 52.1. The number of hydrogen-bond acceptors (Lipinski definition) is 5. The third-order valence-corrected chi connectivity index (χ3v) is 9.61. The fraction of sp³-hybridized carbons (Fsp3) is 0.312. The SMILES string of the molecule is CC(C)COC(=O)c1ccc(NC(=O)[C@H](C)N2C(=O)[C@H]3[C@H](C2=O)C2(Cl)c4ccccc4C3(Cl)c3ccccc32)cc1. The topological polar surface area (TPSA) is 92.8 Å². The molecule has 1 saturated heterocycles. The number of amides is 3. The van der Waals surface area contributed by atoms with Gasteiger partial charge in [-0.05, 0) is 59.4 Å². The molecule has 7 nitrogen and oxygen atoms in total. The Morgan fingerprint density at radius 2 is 1.24 bits per heavy atom. The van der Waals surface area contributed by atoms with E-state index in [1.54, 1.807) is 24.3 Å². The van der Waals surface area contributed by atoms with Gasteiger partial charge in [-0.3, -0.25) is 19.3 Å². The molecule has 3 aromatic rings. The van der Waals surface area contributed by atoms with Gasteiger partial charge in [-0.1, -0.05) is 62.4 Å². The largest absolute Gasteiger partial charge is 0.462 e. The summed E-state index contributed by atoms with van der Waals surface area (Å²) in [6.07, 6.45) is 0. The molecule has 9 heteroatoms. The molecule has 2 bridgehead atoms. The number of rotatable bonds is 6. The number of benzene rings is 3. The number of halogens is 2. The van der Waals surface area contributed by atoms with Crippen LogP contribution in [0.15, 0.2) is 72.8 Å². The Balaban J connectivity index is 1.29. The van der Waals surface area contributed by atoms with Crippen LogP contribution >= 0.6 is 23.2 Å². The van der Waals surface area contributed by atoms with Crippen LogP contribution in [0.2, 0.25) is 0 Å². The number of likely N-dealkylation sites (tertiary alicyclic amines) is 1. The summed E-state index contributed by atoms with van der Waals surface area (Å²) in [7, 11) is 0. The average molecular weight is 591 g/mol. The molecule has 0 unspecified atom stereocenters. The molecular formula is C32H28Cl2N2O5. The maximum atomic E-state index is 14.1. The van der Waals surface area contributed by atoms with Crippen molar-refractivity contribution in [2.45, 2.75) is 36.6 Å². The van der Waals surface area contributed by atoms with E-state index >= 15 is 0 Å². The first-order valence-electron chi connectivity index (χ1n) is 13.5. The van der Waals surface area contributed by atoms with E-state index in [1.165, 1.54) is 6.92 Å². The summed E-state index contributed by atoms with van der Waals surface area (Å²) in [5, 5.41) is 2.75. The van der Waals surface area contributed by atoms with E-state index in [1.807, 2.05) is 62.4 Å². The van der Waals surface area contributed by atoms with E-state index < -0.39 is 51.3 Å². The van der Waals surface area contributed by atoms with Crippen LogP contribution in [-0.2, 0) is 28.9 Å². The second-order valence-corrected chi connectivity index (χ2v) is 12.4. The smallest absolute Gasteiger partial charge is 0.338 e. The lowest BCUT2D eigenvalue weighted by molar-refractivity contribution is -0.146. The van der Waals surface area contributed by atoms with Gasteiger partial charge in [-0.15, -0.1) is 23.2 Å². The molecule has 1 aliphatic heterocycles. The highest BCUT2D eigenvalue weighted by molar-refractivity contribution is 6.36. The van der Waals surface area contributed by atoms with Gasteiger partial charge < -0.3 is 10.1 Å². The number of ether oxygens (including phenoxy) is 1. The zero-order chi connectivity index (χ0) is 29.3. The molecule has 3 aromatic carbocycles. The number of nitrogens with one attached hydrogen (secondary N) is 1. The van der Waals surface area contributed by atoms with E-state index in [0.717, 1.165) is 4.90 Å². The zero-order valence-electron chi connectivity index (χ0n) is 22.7. The Kier molecular flexibility index (Phi) is 6.51. The second kappa shape index (κ2) is 9.71. The van der Waals surface area contributed by atoms with Gasteiger partial charge in [0, 0.05) is 5.69 Å². The van der Waals surface area contributed by atoms with Crippen LogP contribution in [0, 0.1) is 17.8 Å². The first-order valence-corrected chi connectivity index (χ1v) is 14.3. The predicted molar refractivity (Wildman–Crippen MR) is 155 cm³/mol. The number of anilines is 1. The summed E-state index contributed by atoms with van der Waals surface area (Å²) >= 11 is 14.9. The molecule has 0 spiro atoms. The van der Waals surface area contributed by atoms with Gasteiger partial charge in [0.25, 0.3) is 0 Å². The van der Waals surface area contributed by atoms with Gasteiger partial charge in [0.2, 0.25) is 17.7 Å². The molecule has 4 aliphatic rings. The van der Waals surface area contributed by atoms with Gasteiger partial charge in [0.1, 0.15) is 15.8 Å². The normalized spacial score (nSPS) is 26.3. The predicted octanol–water partition coefficient (Wildman–Crippen LogP) is 5.42. The number of alkyl halides is 2. The van der Waals surface area contributed by atoms with Gasteiger partial charge >= 0.3 is 5.97 Å². The highest BCUT2D eigenvalue weighted by Gasteiger charge is 2.73. The van der Waals surface area contributed by atoms with Crippen LogP contribution in [0.3, 0.4) is 0 Å². The highest BCUT2D eigenvalue weighted by Crippen LogP contribution is 2.69. The summed E-state index contributed by atoms with van der Waals surface area (Å²) in [5.41, 5.74) is 3.54. The van der Waals surface area contributed by atoms with Gasteiger partial charge in [-0.2, -0.15) is 0 Å². The Bertz CT molecular complexity index is 1480. The van der Waals surface area contributed by atoms with E-state index in [9.17, 15) is 19.2 Å². The first kappa shape index (κ1) is 27.5. The van der Waals surface area contributed by atoms with Gasteiger partial charge in [0.15, 0.2) is 0 Å². The maximum Gasteiger partial charge on any atom is 0.338 e. The van der Waals surface area contributed by atoms with Gasteiger partial charge in [0.05, 0.1) is 24.0 Å². The molecule has 3 amide bonds. The molecule has 3 aliphatic carbocycles. The lowest BCUT2D eigenvalue weighted by Gasteiger charge is -2.54. The zero-order valence-corrected chi connectivity index (χ0v) is 24.2. The molecule has 1 heterocycles. The van der Waals surface area contributed by atoms with Gasteiger partial charge in [-0.25, -0.2) is 4.79 Å². The Morgan fingerprint density at radius 3 is 1.66 bits per heavy atom. The Labute approximate surface area is 247 Å². The second-order valence-electron chi connectivity index (χ2n) is 11.3. The molecule has 41 heavy (non-hydrogen) atoms. The van der Waals surface area contributed by atoms with Crippen molar-refractivity contribution in [3.63, 3.8) is 0 Å². The van der Waals surface area contributed by atoms with Crippen LogP contribution < -0.4 is 5.32 Å². The summed E-state index contributed by atoms with van der Waals surface area (Å²) in [6.45, 7) is 5.70.